The van der Waals surface area contributed by atoms with Gasteiger partial charge in [-0.1, -0.05) is 30.3 Å². The number of amides is 1. The van der Waals surface area contributed by atoms with E-state index in [0.717, 1.165) is 36.3 Å². The third-order valence-corrected chi connectivity index (χ3v) is 6.23. The number of anilines is 1. The Morgan fingerprint density at radius 3 is 2.88 bits per heavy atom. The summed E-state index contributed by atoms with van der Waals surface area (Å²) in [6.07, 6.45) is 2.04. The van der Waals surface area contributed by atoms with E-state index < -0.39 is 0 Å². The van der Waals surface area contributed by atoms with Crippen molar-refractivity contribution < 1.29 is 9.53 Å². The molecule has 1 saturated heterocycles. The first kappa shape index (κ1) is 15.9. The highest BCUT2D eigenvalue weighted by molar-refractivity contribution is 7.17. The molecule has 3 aromatic rings. The van der Waals surface area contributed by atoms with E-state index in [0.29, 0.717) is 6.54 Å². The molecule has 4 nitrogen and oxygen atoms in total. The molecule has 5 rings (SSSR count). The third kappa shape index (κ3) is 2.59. The number of rotatable bonds is 3. The van der Waals surface area contributed by atoms with E-state index in [2.05, 4.69) is 35.0 Å². The molecule has 0 aliphatic carbocycles. The highest BCUT2D eigenvalue weighted by atomic mass is 32.1. The van der Waals surface area contributed by atoms with Gasteiger partial charge in [-0.15, -0.1) is 11.3 Å². The molecule has 0 spiro atoms. The Bertz CT molecular complexity index is 961. The molecule has 1 N–H and O–H groups in total. The van der Waals surface area contributed by atoms with Gasteiger partial charge in [0.15, 0.2) is 0 Å². The van der Waals surface area contributed by atoms with Crippen molar-refractivity contribution in [2.75, 3.05) is 18.5 Å². The first-order valence-electron chi connectivity index (χ1n) is 9.05. The van der Waals surface area contributed by atoms with Crippen LogP contribution in [0.4, 0.5) is 5.69 Å². The minimum absolute atomic E-state index is 0.0788. The van der Waals surface area contributed by atoms with Crippen LogP contribution in [0.1, 0.15) is 34.9 Å². The minimum Gasteiger partial charge on any atom is -0.376 e. The van der Waals surface area contributed by atoms with Gasteiger partial charge in [-0.2, -0.15) is 0 Å². The Hall–Kier alpha value is -2.37. The molecule has 2 aliphatic rings. The molecule has 26 heavy (non-hydrogen) atoms. The molecular weight excluding hydrogens is 344 g/mol. The fourth-order valence-electron chi connectivity index (χ4n) is 3.94. The Balaban J connectivity index is 1.59. The summed E-state index contributed by atoms with van der Waals surface area (Å²) in [6.45, 7) is 1.41. The number of carbonyl (C=O) groups is 1. The van der Waals surface area contributed by atoms with Gasteiger partial charge in [0.1, 0.15) is 6.17 Å². The molecule has 1 aromatic heterocycles. The molecule has 2 aliphatic heterocycles. The Morgan fingerprint density at radius 1 is 1.15 bits per heavy atom. The van der Waals surface area contributed by atoms with Crippen molar-refractivity contribution in [2.24, 2.45) is 0 Å². The van der Waals surface area contributed by atoms with E-state index in [1.54, 1.807) is 11.3 Å². The first-order valence-corrected chi connectivity index (χ1v) is 9.93. The van der Waals surface area contributed by atoms with Crippen LogP contribution >= 0.6 is 11.3 Å². The smallest absolute Gasteiger partial charge is 0.257 e. The molecule has 0 bridgehead atoms. The predicted molar refractivity (Wildman–Crippen MR) is 105 cm³/mol. The standard InChI is InChI=1S/C21H20N2O2S/c24-21-16-8-1-3-9-18(16)22-20(23(21)12-14-6-5-11-25-14)17-13-26-19-10-4-2-7-15(17)19/h1-4,7-10,13-14,20,22H,5-6,11-12H2/t14-,20-/m0/s1. The van der Waals surface area contributed by atoms with Crippen molar-refractivity contribution in [1.82, 2.24) is 4.90 Å². The van der Waals surface area contributed by atoms with Gasteiger partial charge in [-0.05, 0) is 41.8 Å². The van der Waals surface area contributed by atoms with Crippen LogP contribution in [0, 0.1) is 0 Å². The van der Waals surface area contributed by atoms with Crippen LogP contribution in [-0.4, -0.2) is 30.1 Å². The lowest BCUT2D eigenvalue weighted by molar-refractivity contribution is 0.0429. The number of para-hydroxylation sites is 1. The second-order valence-electron chi connectivity index (χ2n) is 6.87. The molecule has 3 heterocycles. The number of fused-ring (bicyclic) bond motifs is 2. The lowest BCUT2D eigenvalue weighted by Crippen LogP contribution is -2.46. The Kier molecular flexibility index (Phi) is 3.91. The van der Waals surface area contributed by atoms with E-state index >= 15 is 0 Å². The summed E-state index contributed by atoms with van der Waals surface area (Å²) in [6, 6.07) is 16.2. The molecule has 2 atom stereocenters. The van der Waals surface area contributed by atoms with Gasteiger partial charge >= 0.3 is 0 Å². The maximum atomic E-state index is 13.3. The third-order valence-electron chi connectivity index (χ3n) is 5.25. The summed E-state index contributed by atoms with van der Waals surface area (Å²) in [5.74, 6) is 0.0788. The first-order chi connectivity index (χ1) is 12.8. The van der Waals surface area contributed by atoms with Gasteiger partial charge in [-0.3, -0.25) is 4.79 Å². The lowest BCUT2D eigenvalue weighted by atomic mass is 10.0. The van der Waals surface area contributed by atoms with Crippen LogP contribution in [-0.2, 0) is 4.74 Å². The number of hydrogen-bond acceptors (Lipinski definition) is 4. The molecule has 2 aromatic carbocycles. The second-order valence-corrected chi connectivity index (χ2v) is 7.78. The molecule has 0 unspecified atom stereocenters. The highest BCUT2D eigenvalue weighted by Crippen LogP contribution is 2.38. The Labute approximate surface area is 156 Å². The molecule has 0 radical (unpaired) electrons. The van der Waals surface area contributed by atoms with Crippen molar-refractivity contribution >= 4 is 33.0 Å². The summed E-state index contributed by atoms with van der Waals surface area (Å²) < 4.78 is 7.07. The number of carbonyl (C=O) groups excluding carboxylic acids is 1. The van der Waals surface area contributed by atoms with Gasteiger partial charge < -0.3 is 15.0 Å². The number of nitrogens with one attached hydrogen (secondary N) is 1. The van der Waals surface area contributed by atoms with Gasteiger partial charge in [0, 0.05) is 29.1 Å². The SMILES string of the molecule is O=C1c2ccccc2N[C@H](c2csc3ccccc23)N1C[C@@H]1CCCO1. The van der Waals surface area contributed by atoms with Crippen LogP contribution in [0.15, 0.2) is 53.9 Å². The summed E-state index contributed by atoms with van der Waals surface area (Å²) in [4.78, 5) is 15.2. The van der Waals surface area contributed by atoms with E-state index in [4.69, 9.17) is 4.74 Å². The average Bonchev–Trinajstić information content (AvgIpc) is 3.34. The number of thiophene rings is 1. The van der Waals surface area contributed by atoms with Gasteiger partial charge in [0.2, 0.25) is 0 Å². The largest absolute Gasteiger partial charge is 0.376 e. The fourth-order valence-corrected chi connectivity index (χ4v) is 4.92. The van der Waals surface area contributed by atoms with E-state index in [1.165, 1.54) is 10.1 Å². The number of ether oxygens (including phenoxy) is 1. The maximum absolute atomic E-state index is 13.3. The van der Waals surface area contributed by atoms with Crippen LogP contribution in [0.5, 0.6) is 0 Å². The quantitative estimate of drug-likeness (QED) is 0.736. The topological polar surface area (TPSA) is 41.6 Å². The number of hydrogen-bond donors (Lipinski definition) is 1. The summed E-state index contributed by atoms with van der Waals surface area (Å²) in [5, 5.41) is 6.98. The van der Waals surface area contributed by atoms with Crippen LogP contribution in [0.25, 0.3) is 10.1 Å². The highest BCUT2D eigenvalue weighted by Gasteiger charge is 2.36. The molecule has 1 fully saturated rings. The lowest BCUT2D eigenvalue weighted by Gasteiger charge is -2.39. The summed E-state index contributed by atoms with van der Waals surface area (Å²) >= 11 is 1.73. The monoisotopic (exact) mass is 364 g/mol. The van der Waals surface area contributed by atoms with E-state index in [-0.39, 0.29) is 18.2 Å². The van der Waals surface area contributed by atoms with Gasteiger partial charge in [0.05, 0.1) is 11.7 Å². The summed E-state index contributed by atoms with van der Waals surface area (Å²) in [7, 11) is 0. The maximum Gasteiger partial charge on any atom is 0.257 e. The molecule has 0 saturated carbocycles. The van der Waals surface area contributed by atoms with Crippen molar-refractivity contribution in [3.63, 3.8) is 0 Å². The second kappa shape index (κ2) is 6.41. The van der Waals surface area contributed by atoms with Crippen LogP contribution in [0.3, 0.4) is 0 Å². The molecule has 1 amide bonds. The molecular formula is C21H20N2O2S. The molecule has 5 heteroatoms. The zero-order valence-corrected chi connectivity index (χ0v) is 15.2. The van der Waals surface area contributed by atoms with E-state index in [9.17, 15) is 4.79 Å². The normalized spacial score (nSPS) is 22.5. The zero-order valence-electron chi connectivity index (χ0n) is 14.4. The zero-order chi connectivity index (χ0) is 17.5. The van der Waals surface area contributed by atoms with E-state index in [1.807, 2.05) is 29.2 Å². The van der Waals surface area contributed by atoms with Crippen molar-refractivity contribution in [3.05, 3.63) is 65.0 Å². The van der Waals surface area contributed by atoms with Crippen LogP contribution in [0.2, 0.25) is 0 Å². The van der Waals surface area contributed by atoms with Crippen molar-refractivity contribution in [2.45, 2.75) is 25.1 Å². The fraction of sp³-hybridized carbons (Fsp3) is 0.286. The Morgan fingerprint density at radius 2 is 2.00 bits per heavy atom. The number of benzene rings is 2. The van der Waals surface area contributed by atoms with Gasteiger partial charge in [0.25, 0.3) is 5.91 Å². The average molecular weight is 364 g/mol. The summed E-state index contributed by atoms with van der Waals surface area (Å²) in [5.41, 5.74) is 2.80. The predicted octanol–water partition coefficient (Wildman–Crippen LogP) is 4.65. The minimum atomic E-state index is -0.169. The van der Waals surface area contributed by atoms with Crippen molar-refractivity contribution in [1.29, 1.82) is 0 Å². The van der Waals surface area contributed by atoms with Crippen LogP contribution < -0.4 is 5.32 Å². The van der Waals surface area contributed by atoms with Crippen molar-refractivity contribution in [3.8, 4) is 0 Å². The number of nitrogens with zero attached hydrogens (tertiary/aromatic N) is 1. The molecule has 132 valence electrons. The van der Waals surface area contributed by atoms with Gasteiger partial charge in [-0.25, -0.2) is 0 Å².